The van der Waals surface area contributed by atoms with Crippen molar-refractivity contribution in [3.63, 3.8) is 0 Å². The Labute approximate surface area is 255 Å². The number of carbonyl (C=O) groups excluding carboxylic acids is 1. The lowest BCUT2D eigenvalue weighted by Gasteiger charge is -2.38. The van der Waals surface area contributed by atoms with Crippen molar-refractivity contribution in [3.05, 3.63) is 83.4 Å². The number of carbonyl (C=O) groups is 1. The highest BCUT2D eigenvalue weighted by Crippen LogP contribution is 2.36. The molecule has 0 aromatic heterocycles. The number of hydrogen-bond donors (Lipinski definition) is 2. The van der Waals surface area contributed by atoms with E-state index >= 15 is 0 Å². The molecule has 0 bridgehead atoms. The molecule has 0 unspecified atom stereocenters. The van der Waals surface area contributed by atoms with Crippen molar-refractivity contribution in [3.8, 4) is 11.5 Å². The first kappa shape index (κ1) is 33.1. The average Bonchev–Trinajstić information content (AvgIpc) is 2.98. The third-order valence-electron chi connectivity index (χ3n) is 7.53. The summed E-state index contributed by atoms with van der Waals surface area (Å²) in [5, 5.41) is 9.91. The number of methoxy groups -OCH3 is 1. The van der Waals surface area contributed by atoms with Crippen LogP contribution in [0, 0.1) is 5.92 Å². The Bertz CT molecular complexity index is 1550. The van der Waals surface area contributed by atoms with Crippen LogP contribution in [0.2, 0.25) is 0 Å². The summed E-state index contributed by atoms with van der Waals surface area (Å²) in [5.41, 5.74) is 0.123. The fraction of sp³-hybridized carbons (Fsp3) is 0.387. The highest BCUT2D eigenvalue weighted by molar-refractivity contribution is 7.92. The first-order valence-corrected chi connectivity index (χ1v) is 15.4. The van der Waals surface area contributed by atoms with E-state index in [4.69, 9.17) is 9.47 Å². The predicted molar refractivity (Wildman–Crippen MR) is 159 cm³/mol. The third-order valence-corrected chi connectivity index (χ3v) is 8.91. The molecule has 238 valence electrons. The van der Waals surface area contributed by atoms with E-state index in [0.29, 0.717) is 24.4 Å². The number of alkyl halides is 3. The van der Waals surface area contributed by atoms with Crippen LogP contribution in [0.1, 0.15) is 35.3 Å². The van der Waals surface area contributed by atoms with Gasteiger partial charge in [0.25, 0.3) is 15.9 Å². The van der Waals surface area contributed by atoms with Gasteiger partial charge in [-0.3, -0.25) is 14.4 Å². The number of hydrogen-bond acceptors (Lipinski definition) is 7. The van der Waals surface area contributed by atoms with Crippen LogP contribution in [0.5, 0.6) is 11.5 Å². The summed E-state index contributed by atoms with van der Waals surface area (Å²) in [6.45, 7) is 4.19. The van der Waals surface area contributed by atoms with Crippen molar-refractivity contribution in [2.45, 2.75) is 43.6 Å². The number of nitrogens with one attached hydrogen (secondary N) is 1. The summed E-state index contributed by atoms with van der Waals surface area (Å²) in [6, 6.07) is 14.8. The number of sulfonamides is 1. The van der Waals surface area contributed by atoms with Crippen molar-refractivity contribution >= 4 is 21.6 Å². The number of likely N-dealkylation sites (N-methyl/N-ethyl adjacent to an activating group) is 1. The molecule has 0 radical (unpaired) electrons. The molecule has 1 amide bonds. The maximum absolute atomic E-state index is 13.7. The second kappa shape index (κ2) is 13.4. The number of halogens is 3. The zero-order valence-electron chi connectivity index (χ0n) is 24.8. The molecule has 0 saturated heterocycles. The van der Waals surface area contributed by atoms with Gasteiger partial charge >= 0.3 is 6.18 Å². The van der Waals surface area contributed by atoms with E-state index in [9.17, 15) is 31.5 Å². The van der Waals surface area contributed by atoms with E-state index in [1.54, 1.807) is 26.1 Å². The average molecular weight is 636 g/mol. The predicted octanol–water partition coefficient (Wildman–Crippen LogP) is 4.87. The second-order valence-corrected chi connectivity index (χ2v) is 12.7. The van der Waals surface area contributed by atoms with Crippen molar-refractivity contribution in [2.75, 3.05) is 38.6 Å². The minimum absolute atomic E-state index is 0.0233. The molecule has 3 atom stereocenters. The smallest absolute Gasteiger partial charge is 0.416 e. The fourth-order valence-corrected chi connectivity index (χ4v) is 6.05. The standard InChI is InChI=1S/C31H36F3N3O6S/c1-20-16-37(21(2)19-38)30(39)26-6-5-7-27(35-44(40,41)25-14-12-24(42-4)13-15-25)29(26)43-28(20)18-36(3)17-22-8-10-23(11-9-22)31(32,33)34/h5-15,20-21,28,35,38H,16-19H2,1-4H3/t20-,21+,28-/m1/s1. The van der Waals surface area contributed by atoms with Crippen LogP contribution >= 0.6 is 0 Å². The topological polar surface area (TPSA) is 108 Å². The van der Waals surface area contributed by atoms with Crippen LogP contribution in [-0.4, -0.2) is 75.2 Å². The molecule has 3 aromatic rings. The van der Waals surface area contributed by atoms with Crippen LogP contribution in [-0.2, 0) is 22.7 Å². The molecule has 0 saturated carbocycles. The molecule has 2 N–H and O–H groups in total. The second-order valence-electron chi connectivity index (χ2n) is 11.0. The molecular weight excluding hydrogens is 599 g/mol. The molecule has 9 nitrogen and oxygen atoms in total. The Morgan fingerprint density at radius 1 is 1.11 bits per heavy atom. The van der Waals surface area contributed by atoms with E-state index in [0.717, 1.165) is 12.1 Å². The summed E-state index contributed by atoms with van der Waals surface area (Å²) in [5.74, 6) is -0.167. The van der Waals surface area contributed by atoms with E-state index in [1.165, 1.54) is 54.5 Å². The third kappa shape index (κ3) is 7.63. The lowest BCUT2D eigenvalue weighted by atomic mass is 9.99. The number of anilines is 1. The van der Waals surface area contributed by atoms with Gasteiger partial charge in [-0.25, -0.2) is 8.42 Å². The SMILES string of the molecule is COc1ccc(S(=O)(=O)Nc2cccc3c2O[C@H](CN(C)Cc2ccc(C(F)(F)F)cc2)[C@H](C)CN([C@@H](C)CO)C3=O)cc1. The highest BCUT2D eigenvalue weighted by atomic mass is 32.2. The van der Waals surface area contributed by atoms with E-state index in [2.05, 4.69) is 4.72 Å². The number of ether oxygens (including phenoxy) is 2. The number of para-hydroxylation sites is 1. The van der Waals surface area contributed by atoms with E-state index in [-0.39, 0.29) is 41.0 Å². The number of aliphatic hydroxyl groups excluding tert-OH is 1. The molecule has 4 rings (SSSR count). The summed E-state index contributed by atoms with van der Waals surface area (Å²) < 4.78 is 79.8. The first-order valence-electron chi connectivity index (χ1n) is 14.0. The molecule has 1 aliphatic heterocycles. The van der Waals surface area contributed by atoms with Gasteiger partial charge in [-0.1, -0.05) is 25.1 Å². The van der Waals surface area contributed by atoms with Gasteiger partial charge in [0.15, 0.2) is 5.75 Å². The van der Waals surface area contributed by atoms with Crippen LogP contribution < -0.4 is 14.2 Å². The number of fused-ring (bicyclic) bond motifs is 1. The Balaban J connectivity index is 1.66. The Morgan fingerprint density at radius 2 is 1.77 bits per heavy atom. The van der Waals surface area contributed by atoms with Crippen molar-refractivity contribution < 1.29 is 41.0 Å². The molecule has 0 aliphatic carbocycles. The Hall–Kier alpha value is -3.81. The van der Waals surface area contributed by atoms with Gasteiger partial charge in [0, 0.05) is 25.6 Å². The monoisotopic (exact) mass is 635 g/mol. The van der Waals surface area contributed by atoms with Gasteiger partial charge in [0.1, 0.15) is 11.9 Å². The van der Waals surface area contributed by atoms with Crippen LogP contribution in [0.4, 0.5) is 18.9 Å². The fourth-order valence-electron chi connectivity index (χ4n) is 4.98. The number of aliphatic hydroxyl groups is 1. The summed E-state index contributed by atoms with van der Waals surface area (Å²) in [7, 11) is -0.829. The summed E-state index contributed by atoms with van der Waals surface area (Å²) in [6.07, 6.45) is -5.00. The van der Waals surface area contributed by atoms with Crippen LogP contribution in [0.15, 0.2) is 71.6 Å². The van der Waals surface area contributed by atoms with Gasteiger partial charge in [-0.05, 0) is 68.1 Å². The number of rotatable bonds is 10. The van der Waals surface area contributed by atoms with E-state index in [1.807, 2.05) is 11.8 Å². The van der Waals surface area contributed by atoms with Crippen molar-refractivity contribution in [1.82, 2.24) is 9.80 Å². The highest BCUT2D eigenvalue weighted by Gasteiger charge is 2.35. The molecule has 0 spiro atoms. The Kier molecular flexibility index (Phi) is 10.1. The molecular formula is C31H36F3N3O6S. The zero-order valence-corrected chi connectivity index (χ0v) is 25.7. The maximum Gasteiger partial charge on any atom is 0.416 e. The van der Waals surface area contributed by atoms with Gasteiger partial charge < -0.3 is 19.5 Å². The quantitative estimate of drug-likeness (QED) is 0.328. The summed E-state index contributed by atoms with van der Waals surface area (Å²) >= 11 is 0. The number of benzene rings is 3. The number of amides is 1. The number of nitrogens with zero attached hydrogens (tertiary/aromatic N) is 2. The van der Waals surface area contributed by atoms with E-state index < -0.39 is 39.8 Å². The zero-order chi connectivity index (χ0) is 32.2. The first-order chi connectivity index (χ1) is 20.7. The molecule has 44 heavy (non-hydrogen) atoms. The van der Waals surface area contributed by atoms with Crippen LogP contribution in [0.25, 0.3) is 0 Å². The lowest BCUT2D eigenvalue weighted by Crippen LogP contribution is -2.49. The molecule has 13 heteroatoms. The van der Waals surface area contributed by atoms with Crippen LogP contribution in [0.3, 0.4) is 0 Å². The van der Waals surface area contributed by atoms with Gasteiger partial charge in [-0.15, -0.1) is 0 Å². The Morgan fingerprint density at radius 3 is 2.36 bits per heavy atom. The molecule has 1 heterocycles. The largest absolute Gasteiger partial charge is 0.497 e. The van der Waals surface area contributed by atoms with Crippen molar-refractivity contribution in [1.29, 1.82) is 0 Å². The minimum Gasteiger partial charge on any atom is -0.497 e. The molecule has 0 fully saturated rings. The molecule has 3 aromatic carbocycles. The van der Waals surface area contributed by atoms with Gasteiger partial charge in [0.05, 0.1) is 41.5 Å². The van der Waals surface area contributed by atoms with Gasteiger partial charge in [-0.2, -0.15) is 13.2 Å². The normalized spacial score (nSPS) is 18.2. The summed E-state index contributed by atoms with van der Waals surface area (Å²) in [4.78, 5) is 17.1. The van der Waals surface area contributed by atoms with Gasteiger partial charge in [0.2, 0.25) is 0 Å². The maximum atomic E-state index is 13.7. The molecule has 1 aliphatic rings. The lowest BCUT2D eigenvalue weighted by molar-refractivity contribution is -0.137. The minimum atomic E-state index is -4.43. The van der Waals surface area contributed by atoms with Crippen molar-refractivity contribution in [2.24, 2.45) is 5.92 Å².